The van der Waals surface area contributed by atoms with Gasteiger partial charge in [0.25, 0.3) is 0 Å². The van der Waals surface area contributed by atoms with Crippen LogP contribution in [-0.2, 0) is 0 Å². The fourth-order valence-corrected chi connectivity index (χ4v) is 0.979. The Bertz CT molecular complexity index is 517. The summed E-state index contributed by atoms with van der Waals surface area (Å²) in [7, 11) is 0. The number of hydrogen-bond acceptors (Lipinski definition) is 6. The molecule has 2 aromatic rings. The van der Waals surface area contributed by atoms with E-state index in [0.717, 1.165) is 6.07 Å². The lowest BCUT2D eigenvalue weighted by Crippen LogP contribution is -2.20. The molecule has 1 N–H and O–H groups in total. The predicted octanol–water partition coefficient (Wildman–Crippen LogP) is 0.163. The fourth-order valence-electron chi connectivity index (χ4n) is 0.979. The van der Waals surface area contributed by atoms with Crippen LogP contribution < -0.4 is 5.43 Å². The normalized spacial score (nSPS) is 10.0. The Morgan fingerprint density at radius 3 is 2.69 bits per heavy atom. The van der Waals surface area contributed by atoms with Gasteiger partial charge in [-0.1, -0.05) is 0 Å². The summed E-state index contributed by atoms with van der Waals surface area (Å²) in [4.78, 5) is 21.0. The van der Waals surface area contributed by atoms with Gasteiger partial charge in [-0.3, -0.25) is 20.3 Å². The molecule has 2 rings (SSSR count). The Kier molecular flexibility index (Phi) is 2.34. The van der Waals surface area contributed by atoms with Gasteiger partial charge in [0, 0.05) is 0 Å². The van der Waals surface area contributed by atoms with Crippen molar-refractivity contribution in [2.75, 3.05) is 5.43 Å². The molecule has 0 spiro atoms. The molecule has 0 aliphatic heterocycles. The Morgan fingerprint density at radius 1 is 1.44 bits per heavy atom. The minimum absolute atomic E-state index is 0.166. The number of nitrogens with one attached hydrogen (secondary N) is 1. The van der Waals surface area contributed by atoms with Gasteiger partial charge in [-0.2, -0.15) is 0 Å². The van der Waals surface area contributed by atoms with E-state index in [0.29, 0.717) is 0 Å². The molecule has 0 aliphatic rings. The van der Waals surface area contributed by atoms with Crippen molar-refractivity contribution < 1.29 is 14.1 Å². The van der Waals surface area contributed by atoms with Gasteiger partial charge >= 0.3 is 11.8 Å². The van der Waals surface area contributed by atoms with Crippen LogP contribution in [0.1, 0.15) is 10.6 Å². The highest BCUT2D eigenvalue weighted by molar-refractivity contribution is 5.97. The fraction of sp³-hybridized carbons (Fsp3) is 0. The van der Waals surface area contributed by atoms with Crippen molar-refractivity contribution in [2.24, 2.45) is 0 Å². The Hall–Kier alpha value is -2.71. The van der Waals surface area contributed by atoms with Gasteiger partial charge in [0.1, 0.15) is 17.6 Å². The summed E-state index contributed by atoms with van der Waals surface area (Å²) in [6, 6.07) is 2.30. The quantitative estimate of drug-likeness (QED) is 0.585. The zero-order chi connectivity index (χ0) is 11.5. The molecule has 82 valence electrons. The minimum Gasteiger partial charge on any atom is -0.395 e. The zero-order valence-electron chi connectivity index (χ0n) is 7.73. The molecule has 0 bridgehead atoms. The number of aromatic nitrogens is 3. The van der Waals surface area contributed by atoms with E-state index >= 15 is 0 Å². The number of furan rings is 1. The van der Waals surface area contributed by atoms with Gasteiger partial charge in [-0.25, -0.2) is 4.68 Å². The van der Waals surface area contributed by atoms with Crippen LogP contribution >= 0.6 is 0 Å². The van der Waals surface area contributed by atoms with Gasteiger partial charge < -0.3 is 4.42 Å². The molecule has 1 amide bonds. The van der Waals surface area contributed by atoms with E-state index in [1.165, 1.54) is 23.4 Å². The van der Waals surface area contributed by atoms with E-state index in [4.69, 9.17) is 4.42 Å². The molecule has 9 heteroatoms. The number of hydrogen-bond donors (Lipinski definition) is 1. The maximum Gasteiger partial charge on any atom is 0.433 e. The van der Waals surface area contributed by atoms with E-state index in [1.807, 2.05) is 0 Å². The van der Waals surface area contributed by atoms with Crippen molar-refractivity contribution in [2.45, 2.75) is 0 Å². The second-order valence-electron chi connectivity index (χ2n) is 2.71. The Morgan fingerprint density at radius 2 is 2.12 bits per heavy atom. The summed E-state index contributed by atoms with van der Waals surface area (Å²) in [6.07, 6.45) is 2.52. The molecule has 9 nitrogen and oxygen atoms in total. The third kappa shape index (κ3) is 1.87. The summed E-state index contributed by atoms with van der Waals surface area (Å²) in [5.74, 6) is -1.29. The molecule has 0 aliphatic carbocycles. The van der Waals surface area contributed by atoms with Gasteiger partial charge in [0.2, 0.25) is 5.76 Å². The zero-order valence-corrected chi connectivity index (χ0v) is 7.73. The number of carbonyl (C=O) groups excluding carboxylic acids is 1. The standard InChI is InChI=1S/C7H5N5O4/c13-7(10-11-3-8-9-4-11)5-1-2-6(16-5)12(14)15/h1-4H,(H,10,13). The van der Waals surface area contributed by atoms with Crippen LogP contribution in [0.3, 0.4) is 0 Å². The van der Waals surface area contributed by atoms with E-state index in [9.17, 15) is 14.9 Å². The van der Waals surface area contributed by atoms with Gasteiger partial charge in [-0.15, -0.1) is 10.2 Å². The van der Waals surface area contributed by atoms with Crippen LogP contribution in [0, 0.1) is 10.1 Å². The first-order chi connectivity index (χ1) is 7.66. The van der Waals surface area contributed by atoms with Crippen LogP contribution in [0.5, 0.6) is 0 Å². The molecule has 0 saturated heterocycles. The van der Waals surface area contributed by atoms with E-state index in [-0.39, 0.29) is 5.76 Å². The van der Waals surface area contributed by atoms with Crippen molar-refractivity contribution in [1.82, 2.24) is 14.9 Å². The van der Waals surface area contributed by atoms with Crippen molar-refractivity contribution in [3.8, 4) is 0 Å². The summed E-state index contributed by atoms with van der Waals surface area (Å²) < 4.78 is 5.88. The van der Waals surface area contributed by atoms with Crippen LogP contribution in [0.4, 0.5) is 5.88 Å². The van der Waals surface area contributed by atoms with Crippen LogP contribution in [0.2, 0.25) is 0 Å². The first kappa shape index (κ1) is 9.83. The molecule has 0 aromatic carbocycles. The monoisotopic (exact) mass is 223 g/mol. The molecule has 0 fully saturated rings. The third-order valence-corrected chi connectivity index (χ3v) is 1.64. The summed E-state index contributed by atoms with van der Waals surface area (Å²) in [6.45, 7) is 0. The van der Waals surface area contributed by atoms with Crippen molar-refractivity contribution in [3.05, 3.63) is 40.7 Å². The summed E-state index contributed by atoms with van der Waals surface area (Å²) in [5.41, 5.74) is 2.33. The molecule has 2 heterocycles. The first-order valence-corrected chi connectivity index (χ1v) is 4.07. The smallest absolute Gasteiger partial charge is 0.395 e. The first-order valence-electron chi connectivity index (χ1n) is 4.07. The average molecular weight is 223 g/mol. The van der Waals surface area contributed by atoms with E-state index in [1.54, 1.807) is 0 Å². The molecular weight excluding hydrogens is 218 g/mol. The molecule has 16 heavy (non-hydrogen) atoms. The van der Waals surface area contributed by atoms with E-state index in [2.05, 4.69) is 15.6 Å². The van der Waals surface area contributed by atoms with Crippen molar-refractivity contribution in [1.29, 1.82) is 0 Å². The average Bonchev–Trinajstić information content (AvgIpc) is 2.86. The number of nitrogens with zero attached hydrogens (tertiary/aromatic N) is 4. The second kappa shape index (κ2) is 3.81. The van der Waals surface area contributed by atoms with Crippen molar-refractivity contribution in [3.63, 3.8) is 0 Å². The topological polar surface area (TPSA) is 116 Å². The van der Waals surface area contributed by atoms with Gasteiger partial charge in [0.05, 0.1) is 6.07 Å². The lowest BCUT2D eigenvalue weighted by Gasteiger charge is -2.00. The SMILES string of the molecule is O=C(Nn1cnnc1)c1ccc([N+](=O)[O-])o1. The highest BCUT2D eigenvalue weighted by Gasteiger charge is 2.17. The van der Waals surface area contributed by atoms with Crippen molar-refractivity contribution >= 4 is 11.8 Å². The molecule has 2 aromatic heterocycles. The molecule has 0 atom stereocenters. The maximum atomic E-state index is 11.4. The second-order valence-corrected chi connectivity index (χ2v) is 2.71. The highest BCUT2D eigenvalue weighted by Crippen LogP contribution is 2.15. The molecule has 0 saturated carbocycles. The predicted molar refractivity (Wildman–Crippen MR) is 49.1 cm³/mol. The largest absolute Gasteiger partial charge is 0.433 e. The summed E-state index contributed by atoms with van der Waals surface area (Å²) >= 11 is 0. The number of rotatable bonds is 3. The third-order valence-electron chi connectivity index (χ3n) is 1.64. The molecule has 0 unspecified atom stereocenters. The lowest BCUT2D eigenvalue weighted by atomic mass is 10.4. The number of amides is 1. The lowest BCUT2D eigenvalue weighted by molar-refractivity contribution is -0.402. The molecular formula is C7H5N5O4. The highest BCUT2D eigenvalue weighted by atomic mass is 16.6. The number of nitro groups is 1. The van der Waals surface area contributed by atoms with Gasteiger partial charge in [-0.05, 0) is 6.07 Å². The van der Waals surface area contributed by atoms with Crippen LogP contribution in [0.15, 0.2) is 29.2 Å². The minimum atomic E-state index is -0.727. The van der Waals surface area contributed by atoms with Crippen LogP contribution in [-0.4, -0.2) is 25.7 Å². The van der Waals surface area contributed by atoms with Gasteiger partial charge in [0.15, 0.2) is 0 Å². The maximum absolute atomic E-state index is 11.4. The van der Waals surface area contributed by atoms with E-state index < -0.39 is 16.7 Å². The Labute approximate surface area is 87.8 Å². The molecule has 0 radical (unpaired) electrons. The number of carbonyl (C=O) groups is 1. The van der Waals surface area contributed by atoms with Crippen LogP contribution in [0.25, 0.3) is 0 Å². The summed E-state index contributed by atoms with van der Waals surface area (Å²) in [5, 5.41) is 17.2. The Balaban J connectivity index is 2.12.